The summed E-state index contributed by atoms with van der Waals surface area (Å²) < 4.78 is 0. The second kappa shape index (κ2) is 20.3. The van der Waals surface area contributed by atoms with Crippen molar-refractivity contribution in [3.8, 4) is 66.8 Å². The van der Waals surface area contributed by atoms with Gasteiger partial charge >= 0.3 is 0 Å². The van der Waals surface area contributed by atoms with E-state index >= 15 is 0 Å². The van der Waals surface area contributed by atoms with Crippen LogP contribution in [0.5, 0.6) is 0 Å². The smallest absolute Gasteiger partial charge is 0.0462 e. The van der Waals surface area contributed by atoms with Gasteiger partial charge in [-0.05, 0) is 176 Å². The lowest BCUT2D eigenvalue weighted by atomic mass is 9.86. The third-order valence-corrected chi connectivity index (χ3v) is 15.6. The molecule has 3 atom stereocenters. The van der Waals surface area contributed by atoms with Crippen molar-refractivity contribution in [2.24, 2.45) is 11.8 Å². The molecule has 3 unspecified atom stereocenters. The maximum atomic E-state index is 2.45. The number of fused-ring (bicyclic) bond motifs is 2. The summed E-state index contributed by atoms with van der Waals surface area (Å²) in [6.45, 7) is 0. The molecular weight excluding hydrogens is 905 g/mol. The Labute approximate surface area is 441 Å². The fourth-order valence-corrected chi connectivity index (χ4v) is 11.5. The molecule has 1 saturated carbocycles. The van der Waals surface area contributed by atoms with Crippen molar-refractivity contribution in [3.05, 3.63) is 303 Å². The molecule has 0 spiro atoms. The monoisotopic (exact) mass is 960 g/mol. The SMILES string of the molecule is C1=CC2CC1CC2c1ccc(-c2ccc(-c3ccc(N(c4ccc(-c5ccccc5)cc4)c4ccc(-c5ccc(N(c6ccc(-c7ccccc7)cc6)c6ccc(-c7ccccc7)cc6)cc5)cc4)cc3)cc2)cc1. The molecule has 2 aliphatic carbocycles. The molecule has 0 N–H and O–H groups in total. The first-order valence-corrected chi connectivity index (χ1v) is 26.4. The van der Waals surface area contributed by atoms with Gasteiger partial charge in [-0.3, -0.25) is 0 Å². The van der Waals surface area contributed by atoms with E-state index < -0.39 is 0 Å². The number of rotatable bonds is 13. The van der Waals surface area contributed by atoms with Crippen molar-refractivity contribution < 1.29 is 0 Å². The summed E-state index contributed by atoms with van der Waals surface area (Å²) in [5.74, 6) is 2.18. The van der Waals surface area contributed by atoms with E-state index in [0.717, 1.165) is 57.1 Å². The zero-order chi connectivity index (χ0) is 49.9. The average Bonchev–Trinajstić information content (AvgIpc) is 4.15. The topological polar surface area (TPSA) is 6.48 Å². The van der Waals surface area contributed by atoms with Crippen molar-refractivity contribution in [2.75, 3.05) is 9.80 Å². The highest BCUT2D eigenvalue weighted by molar-refractivity contribution is 5.84. The summed E-state index contributed by atoms with van der Waals surface area (Å²) in [4.78, 5) is 4.70. The van der Waals surface area contributed by atoms with Crippen LogP contribution in [0.1, 0.15) is 24.3 Å². The van der Waals surface area contributed by atoms with Crippen molar-refractivity contribution >= 4 is 34.1 Å². The molecule has 2 nitrogen and oxygen atoms in total. The molecule has 13 rings (SSSR count). The van der Waals surface area contributed by atoms with Crippen molar-refractivity contribution in [1.29, 1.82) is 0 Å². The number of allylic oxidation sites excluding steroid dienone is 2. The zero-order valence-electron chi connectivity index (χ0n) is 41.8. The van der Waals surface area contributed by atoms with Gasteiger partial charge in [-0.1, -0.05) is 224 Å². The largest absolute Gasteiger partial charge is 0.311 e. The van der Waals surface area contributed by atoms with Gasteiger partial charge in [0.1, 0.15) is 0 Å². The molecule has 75 heavy (non-hydrogen) atoms. The van der Waals surface area contributed by atoms with Gasteiger partial charge in [0.15, 0.2) is 0 Å². The normalized spacial score (nSPS) is 15.4. The summed E-state index contributed by atoms with van der Waals surface area (Å²) >= 11 is 0. The van der Waals surface area contributed by atoms with Crippen LogP contribution >= 0.6 is 0 Å². The van der Waals surface area contributed by atoms with Crippen molar-refractivity contribution in [1.82, 2.24) is 0 Å². The molecule has 2 bridgehead atoms. The molecule has 0 radical (unpaired) electrons. The fourth-order valence-electron chi connectivity index (χ4n) is 11.5. The van der Waals surface area contributed by atoms with Crippen LogP contribution in [-0.4, -0.2) is 0 Å². The molecule has 2 aliphatic rings. The first kappa shape index (κ1) is 45.6. The van der Waals surface area contributed by atoms with Crippen LogP contribution in [0.3, 0.4) is 0 Å². The molecule has 358 valence electrons. The van der Waals surface area contributed by atoms with E-state index in [2.05, 4.69) is 307 Å². The van der Waals surface area contributed by atoms with E-state index in [1.807, 2.05) is 0 Å². The summed E-state index contributed by atoms with van der Waals surface area (Å²) in [7, 11) is 0. The molecule has 2 heteroatoms. The lowest BCUT2D eigenvalue weighted by Gasteiger charge is -2.27. The Morgan fingerprint density at radius 1 is 0.213 bits per heavy atom. The van der Waals surface area contributed by atoms with Gasteiger partial charge in [-0.15, -0.1) is 0 Å². The Hall–Kier alpha value is -9.24. The summed E-state index contributed by atoms with van der Waals surface area (Å²) in [5.41, 5.74) is 22.5. The third kappa shape index (κ3) is 9.51. The van der Waals surface area contributed by atoms with Crippen molar-refractivity contribution in [2.45, 2.75) is 18.8 Å². The molecule has 11 aromatic carbocycles. The maximum absolute atomic E-state index is 2.45. The van der Waals surface area contributed by atoms with Crippen molar-refractivity contribution in [3.63, 3.8) is 0 Å². The van der Waals surface area contributed by atoms with Gasteiger partial charge in [0.05, 0.1) is 0 Å². The summed E-state index contributed by atoms with van der Waals surface area (Å²) in [6, 6.07) is 104. The van der Waals surface area contributed by atoms with Gasteiger partial charge in [0.25, 0.3) is 0 Å². The predicted octanol–water partition coefficient (Wildman–Crippen LogP) is 20.3. The number of benzene rings is 11. The molecule has 0 aliphatic heterocycles. The lowest BCUT2D eigenvalue weighted by Crippen LogP contribution is -2.10. The standard InChI is InChI=1S/C73H56N2/c1-4-10-53(11-5-1)59-26-38-67(39-27-59)74(68-40-28-60(29-41-68)54-12-6-2-7-13-54)71-46-34-63(35-47-71)64-36-48-72(49-37-64)75(69-42-30-61(31-43-69)55-14-8-3-9-15-55)70-44-32-62(33-45-70)57-20-18-56(19-21-57)58-22-24-65(25-23-58)73-51-52-16-17-66(73)50-52/h1-49,52,66,73H,50-51H2. The molecule has 0 aromatic heterocycles. The Kier molecular flexibility index (Phi) is 12.4. The van der Waals surface area contributed by atoms with E-state index in [0.29, 0.717) is 5.92 Å². The van der Waals surface area contributed by atoms with E-state index in [1.54, 1.807) is 0 Å². The molecular formula is C73H56N2. The number of nitrogens with zero attached hydrogens (tertiary/aromatic N) is 2. The molecule has 11 aromatic rings. The van der Waals surface area contributed by atoms with Crippen LogP contribution in [0.4, 0.5) is 34.1 Å². The summed E-state index contributed by atoms with van der Waals surface area (Å²) in [5, 5.41) is 0. The van der Waals surface area contributed by atoms with Gasteiger partial charge in [0, 0.05) is 34.1 Å². The Morgan fingerprint density at radius 3 is 0.667 bits per heavy atom. The van der Waals surface area contributed by atoms with Crippen LogP contribution in [0.25, 0.3) is 66.8 Å². The van der Waals surface area contributed by atoms with Crippen LogP contribution in [0.2, 0.25) is 0 Å². The minimum atomic E-state index is 0.678. The van der Waals surface area contributed by atoms with Gasteiger partial charge in [-0.2, -0.15) is 0 Å². The van der Waals surface area contributed by atoms with Crippen LogP contribution in [-0.2, 0) is 0 Å². The maximum Gasteiger partial charge on any atom is 0.0462 e. The number of hydrogen-bond donors (Lipinski definition) is 0. The van der Waals surface area contributed by atoms with Gasteiger partial charge in [0.2, 0.25) is 0 Å². The lowest BCUT2D eigenvalue weighted by molar-refractivity contribution is 0.586. The minimum absolute atomic E-state index is 0.678. The fraction of sp³-hybridized carbons (Fsp3) is 0.0685. The Morgan fingerprint density at radius 2 is 0.440 bits per heavy atom. The first-order valence-electron chi connectivity index (χ1n) is 26.4. The predicted molar refractivity (Wildman–Crippen MR) is 317 cm³/mol. The van der Waals surface area contributed by atoms with Gasteiger partial charge in [-0.25, -0.2) is 0 Å². The highest BCUT2D eigenvalue weighted by atomic mass is 15.1. The quantitative estimate of drug-likeness (QED) is 0.106. The zero-order valence-corrected chi connectivity index (χ0v) is 41.8. The van der Waals surface area contributed by atoms with Crippen LogP contribution in [0.15, 0.2) is 297 Å². The third-order valence-electron chi connectivity index (χ3n) is 15.6. The number of hydrogen-bond acceptors (Lipinski definition) is 2. The molecule has 0 saturated heterocycles. The molecule has 0 heterocycles. The Bertz CT molecular complexity index is 3600. The van der Waals surface area contributed by atoms with Gasteiger partial charge < -0.3 is 9.80 Å². The second-order valence-electron chi connectivity index (χ2n) is 20.1. The van der Waals surface area contributed by atoms with E-state index in [1.165, 1.54) is 74.0 Å². The minimum Gasteiger partial charge on any atom is -0.311 e. The number of anilines is 6. The van der Waals surface area contributed by atoms with E-state index in [9.17, 15) is 0 Å². The Balaban J connectivity index is 0.772. The molecule has 1 fully saturated rings. The molecule has 0 amide bonds. The highest BCUT2D eigenvalue weighted by Gasteiger charge is 2.36. The average molecular weight is 961 g/mol. The van der Waals surface area contributed by atoms with Crippen LogP contribution in [0, 0.1) is 11.8 Å². The van der Waals surface area contributed by atoms with Crippen LogP contribution < -0.4 is 9.80 Å². The first-order chi connectivity index (χ1) is 37.1. The summed E-state index contributed by atoms with van der Waals surface area (Å²) in [6.07, 6.45) is 7.51. The highest BCUT2D eigenvalue weighted by Crippen LogP contribution is 2.49. The second-order valence-corrected chi connectivity index (χ2v) is 20.1. The van der Waals surface area contributed by atoms with E-state index in [4.69, 9.17) is 0 Å². The van der Waals surface area contributed by atoms with E-state index in [-0.39, 0.29) is 0 Å².